The van der Waals surface area contributed by atoms with Gasteiger partial charge in [-0.15, -0.1) is 11.3 Å². The molecule has 0 spiro atoms. The average molecular weight is 304 g/mol. The van der Waals surface area contributed by atoms with Crippen LogP contribution in [0.1, 0.15) is 19.4 Å². The van der Waals surface area contributed by atoms with Gasteiger partial charge in [0.2, 0.25) is 0 Å². The molecule has 108 valence electrons. The summed E-state index contributed by atoms with van der Waals surface area (Å²) in [6.45, 7) is 6.68. The highest BCUT2D eigenvalue weighted by molar-refractivity contribution is 7.91. The number of nitrogens with one attached hydrogen (secondary N) is 1. The first-order valence-electron chi connectivity index (χ1n) is 6.39. The Hall–Kier alpha value is -0.470. The van der Waals surface area contributed by atoms with E-state index in [4.69, 9.17) is 4.74 Å². The summed E-state index contributed by atoms with van der Waals surface area (Å²) in [4.78, 5) is 0. The monoisotopic (exact) mass is 304 g/mol. The molecule has 1 aromatic rings. The Labute approximate surface area is 118 Å². The van der Waals surface area contributed by atoms with Gasteiger partial charge >= 0.3 is 0 Å². The van der Waals surface area contributed by atoms with Gasteiger partial charge in [0.1, 0.15) is 4.21 Å². The molecule has 1 fully saturated rings. The van der Waals surface area contributed by atoms with Crippen LogP contribution in [0.15, 0.2) is 15.7 Å². The Morgan fingerprint density at radius 3 is 2.74 bits per heavy atom. The van der Waals surface area contributed by atoms with Gasteiger partial charge in [0.05, 0.1) is 13.2 Å². The molecule has 2 heterocycles. The minimum atomic E-state index is -3.34. The lowest BCUT2D eigenvalue weighted by atomic mass is 10.3. The maximum atomic E-state index is 12.4. The van der Waals surface area contributed by atoms with Crippen molar-refractivity contribution in [2.24, 2.45) is 0 Å². The van der Waals surface area contributed by atoms with Gasteiger partial charge in [0.25, 0.3) is 10.0 Å². The molecule has 0 bridgehead atoms. The highest BCUT2D eigenvalue weighted by Gasteiger charge is 2.27. The molecule has 1 saturated heterocycles. The predicted molar refractivity (Wildman–Crippen MR) is 75.9 cm³/mol. The van der Waals surface area contributed by atoms with Crippen LogP contribution in [0.5, 0.6) is 0 Å². The Balaban J connectivity index is 2.08. The first kappa shape index (κ1) is 14.9. The number of hydrogen-bond acceptors (Lipinski definition) is 5. The Bertz CT molecular complexity index is 505. The van der Waals surface area contributed by atoms with Gasteiger partial charge in [-0.05, 0) is 17.0 Å². The quantitative estimate of drug-likeness (QED) is 0.890. The molecule has 19 heavy (non-hydrogen) atoms. The zero-order chi connectivity index (χ0) is 13.9. The second-order valence-electron chi connectivity index (χ2n) is 4.83. The zero-order valence-corrected chi connectivity index (χ0v) is 12.9. The molecular weight excluding hydrogens is 284 g/mol. The standard InChI is InChI=1S/C12H20N2O3S2/c1-10(2)13-8-11-7-12(18-9-11)19(15,16)14-3-5-17-6-4-14/h7,9-10,13H,3-6,8H2,1-2H3. The van der Waals surface area contributed by atoms with Crippen LogP contribution in [-0.2, 0) is 21.3 Å². The van der Waals surface area contributed by atoms with Crippen LogP contribution in [0.3, 0.4) is 0 Å². The summed E-state index contributed by atoms with van der Waals surface area (Å²) in [5.41, 5.74) is 1.02. The number of morpholine rings is 1. The van der Waals surface area contributed by atoms with Crippen molar-refractivity contribution in [2.75, 3.05) is 26.3 Å². The molecule has 5 nitrogen and oxygen atoms in total. The molecule has 1 aliphatic heterocycles. The Morgan fingerprint density at radius 2 is 2.11 bits per heavy atom. The fourth-order valence-electron chi connectivity index (χ4n) is 1.82. The van der Waals surface area contributed by atoms with Crippen LogP contribution in [0.2, 0.25) is 0 Å². The lowest BCUT2D eigenvalue weighted by Gasteiger charge is -2.25. The van der Waals surface area contributed by atoms with E-state index in [1.54, 1.807) is 6.07 Å². The van der Waals surface area contributed by atoms with Gasteiger partial charge < -0.3 is 10.1 Å². The van der Waals surface area contributed by atoms with Crippen molar-refractivity contribution in [2.45, 2.75) is 30.6 Å². The number of ether oxygens (including phenoxy) is 1. The minimum absolute atomic E-state index is 0.388. The van der Waals surface area contributed by atoms with Crippen molar-refractivity contribution in [3.05, 3.63) is 17.0 Å². The number of nitrogens with zero attached hydrogens (tertiary/aromatic N) is 1. The maximum absolute atomic E-state index is 12.4. The van der Waals surface area contributed by atoms with Crippen LogP contribution in [0.25, 0.3) is 0 Å². The van der Waals surface area contributed by atoms with Gasteiger partial charge in [-0.2, -0.15) is 4.31 Å². The number of thiophene rings is 1. The lowest BCUT2D eigenvalue weighted by Crippen LogP contribution is -2.40. The molecule has 1 aromatic heterocycles. The summed E-state index contributed by atoms with van der Waals surface area (Å²) in [5, 5.41) is 5.19. The van der Waals surface area contributed by atoms with Crippen LogP contribution in [0.4, 0.5) is 0 Å². The molecule has 7 heteroatoms. The topological polar surface area (TPSA) is 58.6 Å². The van der Waals surface area contributed by atoms with Crippen LogP contribution >= 0.6 is 11.3 Å². The molecule has 1 N–H and O–H groups in total. The van der Waals surface area contributed by atoms with E-state index in [2.05, 4.69) is 19.2 Å². The minimum Gasteiger partial charge on any atom is -0.379 e. The van der Waals surface area contributed by atoms with E-state index in [1.165, 1.54) is 15.6 Å². The molecule has 0 aliphatic carbocycles. The van der Waals surface area contributed by atoms with Crippen LogP contribution in [-0.4, -0.2) is 45.1 Å². The molecule has 0 aromatic carbocycles. The van der Waals surface area contributed by atoms with Crippen molar-refractivity contribution in [3.8, 4) is 0 Å². The zero-order valence-electron chi connectivity index (χ0n) is 11.3. The van der Waals surface area contributed by atoms with Crippen molar-refractivity contribution >= 4 is 21.4 Å². The molecule has 0 amide bonds. The molecule has 0 saturated carbocycles. The van der Waals surface area contributed by atoms with Gasteiger partial charge in [-0.1, -0.05) is 13.8 Å². The number of rotatable bonds is 5. The van der Waals surface area contributed by atoms with Gasteiger partial charge in [-0.3, -0.25) is 0 Å². The molecule has 0 radical (unpaired) electrons. The molecular formula is C12H20N2O3S2. The van der Waals surface area contributed by atoms with Gasteiger partial charge in [-0.25, -0.2) is 8.42 Å². The fraction of sp³-hybridized carbons (Fsp3) is 0.667. The highest BCUT2D eigenvalue weighted by atomic mass is 32.2. The second-order valence-corrected chi connectivity index (χ2v) is 7.90. The number of sulfonamides is 1. The van der Waals surface area contributed by atoms with Crippen molar-refractivity contribution in [3.63, 3.8) is 0 Å². The highest BCUT2D eigenvalue weighted by Crippen LogP contribution is 2.24. The summed E-state index contributed by atoms with van der Waals surface area (Å²) in [7, 11) is -3.34. The van der Waals surface area contributed by atoms with E-state index in [0.717, 1.165) is 5.56 Å². The van der Waals surface area contributed by atoms with E-state index in [1.807, 2.05) is 5.38 Å². The average Bonchev–Trinajstić information content (AvgIpc) is 2.87. The number of hydrogen-bond donors (Lipinski definition) is 1. The summed E-state index contributed by atoms with van der Waals surface area (Å²) in [5.74, 6) is 0. The van der Waals surface area contributed by atoms with E-state index >= 15 is 0 Å². The van der Waals surface area contributed by atoms with Gasteiger partial charge in [0, 0.05) is 25.7 Å². The smallest absolute Gasteiger partial charge is 0.252 e. The fourth-order valence-corrected chi connectivity index (χ4v) is 4.59. The van der Waals surface area contributed by atoms with Gasteiger partial charge in [0.15, 0.2) is 0 Å². The first-order valence-corrected chi connectivity index (χ1v) is 8.71. The second kappa shape index (κ2) is 6.32. The largest absolute Gasteiger partial charge is 0.379 e. The third-order valence-electron chi connectivity index (χ3n) is 2.91. The van der Waals surface area contributed by atoms with E-state index in [9.17, 15) is 8.42 Å². The molecule has 2 rings (SSSR count). The first-order chi connectivity index (χ1) is 9.00. The summed E-state index contributed by atoms with van der Waals surface area (Å²) in [6.07, 6.45) is 0. The van der Waals surface area contributed by atoms with Crippen molar-refractivity contribution < 1.29 is 13.2 Å². The summed E-state index contributed by atoms with van der Waals surface area (Å²) >= 11 is 1.29. The third kappa shape index (κ3) is 3.76. The van der Waals surface area contributed by atoms with E-state index in [0.29, 0.717) is 43.1 Å². The van der Waals surface area contributed by atoms with E-state index in [-0.39, 0.29) is 0 Å². The van der Waals surface area contributed by atoms with Crippen molar-refractivity contribution in [1.29, 1.82) is 0 Å². The Morgan fingerprint density at radius 1 is 1.42 bits per heavy atom. The van der Waals surface area contributed by atoms with Crippen LogP contribution in [0, 0.1) is 0 Å². The van der Waals surface area contributed by atoms with E-state index < -0.39 is 10.0 Å². The normalized spacial score (nSPS) is 18.1. The third-order valence-corrected chi connectivity index (χ3v) is 6.27. The summed E-state index contributed by atoms with van der Waals surface area (Å²) in [6, 6.07) is 2.16. The SMILES string of the molecule is CC(C)NCc1csc(S(=O)(=O)N2CCOCC2)c1. The van der Waals surface area contributed by atoms with Crippen LogP contribution < -0.4 is 5.32 Å². The summed E-state index contributed by atoms with van der Waals surface area (Å²) < 4.78 is 31.9. The molecule has 0 unspecified atom stereocenters. The predicted octanol–water partition coefficient (Wildman–Crippen LogP) is 1.27. The molecule has 0 atom stereocenters. The molecule has 1 aliphatic rings. The lowest BCUT2D eigenvalue weighted by molar-refractivity contribution is 0.0731. The maximum Gasteiger partial charge on any atom is 0.252 e. The van der Waals surface area contributed by atoms with Crippen molar-refractivity contribution in [1.82, 2.24) is 9.62 Å². The Kier molecular flexibility index (Phi) is 4.97.